The van der Waals surface area contributed by atoms with E-state index in [1.54, 1.807) is 19.1 Å². The summed E-state index contributed by atoms with van der Waals surface area (Å²) in [5, 5.41) is 10.8. The van der Waals surface area contributed by atoms with Crippen LogP contribution < -0.4 is 9.64 Å². The molecule has 19 heavy (non-hydrogen) atoms. The topological polar surface area (TPSA) is 55.6 Å². The van der Waals surface area contributed by atoms with E-state index in [2.05, 4.69) is 0 Å². The fourth-order valence-electron chi connectivity index (χ4n) is 1.68. The number of aryl methyl sites for hydroxylation is 1. The van der Waals surface area contributed by atoms with Gasteiger partial charge < -0.3 is 9.64 Å². The van der Waals surface area contributed by atoms with Crippen LogP contribution in [-0.4, -0.2) is 25.1 Å². The molecule has 0 bridgehead atoms. The lowest BCUT2D eigenvalue weighted by Gasteiger charge is -2.27. The summed E-state index contributed by atoms with van der Waals surface area (Å²) in [6.07, 6.45) is 0. The van der Waals surface area contributed by atoms with E-state index in [4.69, 9.17) is 4.74 Å². The Hall–Kier alpha value is -1.78. The minimum Gasteiger partial charge on any atom is -0.490 e. The number of nitro benzene ring substituents is 1. The van der Waals surface area contributed by atoms with E-state index in [1.807, 2.05) is 39.6 Å². The van der Waals surface area contributed by atoms with E-state index in [9.17, 15) is 10.1 Å². The number of fused-ring (bicyclic) bond motifs is 1. The number of ether oxygens (including phenoxy) is 1. The second-order valence-corrected chi connectivity index (χ2v) is 3.63. The van der Waals surface area contributed by atoms with Gasteiger partial charge in [0.15, 0.2) is 0 Å². The molecule has 2 rings (SSSR count). The maximum Gasteiger partial charge on any atom is 0.274 e. The summed E-state index contributed by atoms with van der Waals surface area (Å²) in [6.45, 7) is 11.1. The Kier molecular flexibility index (Phi) is 7.56. The van der Waals surface area contributed by atoms with Crippen LogP contribution in [0.4, 0.5) is 11.4 Å². The standard InChI is InChI=1S/C10H12N2O3.2C2H6/c1-7-5-10-9(6-8(7)12(13)14)11(2)3-4-15-10;2*1-2/h5-6H,3-4H2,1-2H3;2*1-2H3. The third kappa shape index (κ3) is 4.12. The van der Waals surface area contributed by atoms with E-state index < -0.39 is 0 Å². The number of rotatable bonds is 1. The van der Waals surface area contributed by atoms with Crippen molar-refractivity contribution in [2.75, 3.05) is 25.1 Å². The molecule has 5 nitrogen and oxygen atoms in total. The largest absolute Gasteiger partial charge is 0.490 e. The Balaban J connectivity index is 0.000000741. The Bertz CT molecular complexity index is 419. The molecule has 1 aliphatic heterocycles. The van der Waals surface area contributed by atoms with Gasteiger partial charge in [0.1, 0.15) is 12.4 Å². The molecule has 0 saturated carbocycles. The Morgan fingerprint density at radius 3 is 2.37 bits per heavy atom. The van der Waals surface area contributed by atoms with E-state index in [0.29, 0.717) is 12.2 Å². The molecule has 0 radical (unpaired) electrons. The Morgan fingerprint density at radius 2 is 1.84 bits per heavy atom. The first-order valence-electron chi connectivity index (χ1n) is 6.72. The summed E-state index contributed by atoms with van der Waals surface area (Å²) < 4.78 is 5.45. The first kappa shape index (κ1) is 17.2. The van der Waals surface area contributed by atoms with Gasteiger partial charge in [-0.2, -0.15) is 0 Å². The first-order valence-corrected chi connectivity index (χ1v) is 6.72. The van der Waals surface area contributed by atoms with Crippen LogP contribution >= 0.6 is 0 Å². The molecular formula is C14H24N2O3. The van der Waals surface area contributed by atoms with Crippen LogP contribution in [0, 0.1) is 17.0 Å². The second-order valence-electron chi connectivity index (χ2n) is 3.63. The number of hydrogen-bond donors (Lipinski definition) is 0. The quantitative estimate of drug-likeness (QED) is 0.574. The maximum absolute atomic E-state index is 10.8. The molecule has 0 aromatic heterocycles. The van der Waals surface area contributed by atoms with Crippen LogP contribution in [-0.2, 0) is 0 Å². The molecule has 5 heteroatoms. The highest BCUT2D eigenvalue weighted by Gasteiger charge is 2.21. The van der Waals surface area contributed by atoms with Crippen LogP contribution in [0.3, 0.4) is 0 Å². The molecule has 0 saturated heterocycles. The predicted octanol–water partition coefficient (Wildman–Crippen LogP) is 3.78. The zero-order chi connectivity index (χ0) is 15.0. The van der Waals surface area contributed by atoms with E-state index in [1.165, 1.54) is 0 Å². The van der Waals surface area contributed by atoms with Gasteiger partial charge in [-0.3, -0.25) is 10.1 Å². The molecule has 0 atom stereocenters. The number of nitro groups is 1. The molecule has 1 aromatic carbocycles. The van der Waals surface area contributed by atoms with Crippen molar-refractivity contribution in [3.05, 3.63) is 27.8 Å². The zero-order valence-electron chi connectivity index (χ0n) is 12.7. The van der Waals surface area contributed by atoms with Crippen molar-refractivity contribution in [2.45, 2.75) is 34.6 Å². The highest BCUT2D eigenvalue weighted by atomic mass is 16.6. The average molecular weight is 268 g/mol. The molecule has 0 aliphatic carbocycles. The summed E-state index contributed by atoms with van der Waals surface area (Å²) in [7, 11) is 1.90. The number of anilines is 1. The molecule has 0 N–H and O–H groups in total. The summed E-state index contributed by atoms with van der Waals surface area (Å²) in [5.41, 5.74) is 1.57. The summed E-state index contributed by atoms with van der Waals surface area (Å²) in [5.74, 6) is 0.729. The molecular weight excluding hydrogens is 244 g/mol. The van der Waals surface area contributed by atoms with Crippen molar-refractivity contribution in [1.82, 2.24) is 0 Å². The minimum atomic E-state index is -0.363. The van der Waals surface area contributed by atoms with Gasteiger partial charge in [0.2, 0.25) is 0 Å². The third-order valence-electron chi connectivity index (χ3n) is 2.57. The molecule has 0 fully saturated rings. The zero-order valence-corrected chi connectivity index (χ0v) is 12.7. The fourth-order valence-corrected chi connectivity index (χ4v) is 1.68. The smallest absolute Gasteiger partial charge is 0.274 e. The van der Waals surface area contributed by atoms with Gasteiger partial charge in [-0.15, -0.1) is 0 Å². The molecule has 108 valence electrons. The van der Waals surface area contributed by atoms with Gasteiger partial charge >= 0.3 is 0 Å². The van der Waals surface area contributed by atoms with Gasteiger partial charge in [-0.05, 0) is 13.0 Å². The minimum absolute atomic E-state index is 0.145. The number of likely N-dealkylation sites (N-methyl/N-ethyl adjacent to an activating group) is 1. The summed E-state index contributed by atoms with van der Waals surface area (Å²) >= 11 is 0. The highest BCUT2D eigenvalue weighted by Crippen LogP contribution is 2.36. The highest BCUT2D eigenvalue weighted by molar-refractivity contribution is 5.66. The lowest BCUT2D eigenvalue weighted by Crippen LogP contribution is -2.28. The van der Waals surface area contributed by atoms with Gasteiger partial charge in [-0.25, -0.2) is 0 Å². The molecule has 1 aromatic rings. The second kappa shape index (κ2) is 8.34. The Labute approximate surface area is 115 Å². The Morgan fingerprint density at radius 1 is 1.26 bits per heavy atom. The molecule has 0 amide bonds. The molecule has 1 heterocycles. The molecule has 0 unspecified atom stereocenters. The van der Waals surface area contributed by atoms with Crippen LogP contribution in [0.2, 0.25) is 0 Å². The summed E-state index contributed by atoms with van der Waals surface area (Å²) in [6, 6.07) is 3.30. The van der Waals surface area contributed by atoms with Crippen molar-refractivity contribution in [3.63, 3.8) is 0 Å². The van der Waals surface area contributed by atoms with Gasteiger partial charge in [0.25, 0.3) is 5.69 Å². The van der Waals surface area contributed by atoms with Crippen LogP contribution in [0.5, 0.6) is 5.75 Å². The van der Waals surface area contributed by atoms with E-state index in [-0.39, 0.29) is 10.6 Å². The van der Waals surface area contributed by atoms with E-state index in [0.717, 1.165) is 18.0 Å². The van der Waals surface area contributed by atoms with Gasteiger partial charge in [0.05, 0.1) is 17.2 Å². The van der Waals surface area contributed by atoms with Gasteiger partial charge in [-0.1, -0.05) is 27.7 Å². The predicted molar refractivity (Wildman–Crippen MR) is 79.3 cm³/mol. The third-order valence-corrected chi connectivity index (χ3v) is 2.57. The summed E-state index contributed by atoms with van der Waals surface area (Å²) in [4.78, 5) is 12.4. The van der Waals surface area contributed by atoms with Crippen LogP contribution in [0.15, 0.2) is 12.1 Å². The monoisotopic (exact) mass is 268 g/mol. The average Bonchev–Trinajstić information content (AvgIpc) is 2.42. The number of nitrogens with zero attached hydrogens (tertiary/aromatic N) is 2. The molecule has 1 aliphatic rings. The first-order chi connectivity index (χ1) is 9.09. The SMILES string of the molecule is CC.CC.Cc1cc2c(cc1[N+](=O)[O-])N(C)CCO2. The lowest BCUT2D eigenvalue weighted by atomic mass is 10.1. The van der Waals surface area contributed by atoms with Crippen molar-refractivity contribution < 1.29 is 9.66 Å². The lowest BCUT2D eigenvalue weighted by molar-refractivity contribution is -0.385. The normalized spacial score (nSPS) is 12.0. The van der Waals surface area contributed by atoms with Crippen molar-refractivity contribution in [3.8, 4) is 5.75 Å². The number of benzene rings is 1. The van der Waals surface area contributed by atoms with Crippen molar-refractivity contribution in [1.29, 1.82) is 0 Å². The maximum atomic E-state index is 10.8. The van der Waals surface area contributed by atoms with Gasteiger partial charge in [0, 0.05) is 18.7 Å². The van der Waals surface area contributed by atoms with E-state index >= 15 is 0 Å². The van der Waals surface area contributed by atoms with Crippen molar-refractivity contribution >= 4 is 11.4 Å². The fraction of sp³-hybridized carbons (Fsp3) is 0.571. The molecule has 0 spiro atoms. The van der Waals surface area contributed by atoms with Crippen LogP contribution in [0.1, 0.15) is 33.3 Å². The number of hydrogen-bond acceptors (Lipinski definition) is 4. The van der Waals surface area contributed by atoms with Crippen LogP contribution in [0.25, 0.3) is 0 Å². The van der Waals surface area contributed by atoms with Crippen molar-refractivity contribution in [2.24, 2.45) is 0 Å².